The van der Waals surface area contributed by atoms with Crippen LogP contribution in [0.3, 0.4) is 0 Å². The number of imidazole rings is 1. The van der Waals surface area contributed by atoms with Crippen molar-refractivity contribution in [2.75, 3.05) is 11.1 Å². The standard InChI is InChI=1S/C13H10N2.C12H12N2/c1-2-6-11(7-3-1)15-10-14-12-8-4-5-9-13(12)15;13-11-8-4-5-9-12(11)14-10-6-2-1-3-7-10/h1-10H;1-9,14H,13H2. The van der Waals surface area contributed by atoms with Crippen LogP contribution >= 0.6 is 0 Å². The molecule has 0 saturated carbocycles. The van der Waals surface area contributed by atoms with Crippen LogP contribution in [0.5, 0.6) is 0 Å². The zero-order chi connectivity index (χ0) is 19.9. The molecule has 0 saturated heterocycles. The Bertz CT molecular complexity index is 1180. The van der Waals surface area contributed by atoms with Gasteiger partial charge in [0, 0.05) is 11.4 Å². The van der Waals surface area contributed by atoms with E-state index in [1.807, 2.05) is 97.3 Å². The summed E-state index contributed by atoms with van der Waals surface area (Å²) in [7, 11) is 0. The molecular formula is C25H22N4. The molecule has 0 aliphatic carbocycles. The molecule has 1 heterocycles. The van der Waals surface area contributed by atoms with E-state index in [9.17, 15) is 0 Å². The minimum absolute atomic E-state index is 0.761. The fourth-order valence-electron chi connectivity index (χ4n) is 3.04. The summed E-state index contributed by atoms with van der Waals surface area (Å²) in [6.07, 6.45) is 1.86. The number of nitrogens with one attached hydrogen (secondary N) is 1. The minimum atomic E-state index is 0.761. The summed E-state index contributed by atoms with van der Waals surface area (Å²) in [6, 6.07) is 36.1. The van der Waals surface area contributed by atoms with E-state index in [0.717, 1.165) is 33.8 Å². The number of para-hydroxylation sites is 6. The summed E-state index contributed by atoms with van der Waals surface area (Å²) in [5.41, 5.74) is 11.9. The quantitative estimate of drug-likeness (QED) is 0.376. The number of nitrogens with zero attached hydrogens (tertiary/aromatic N) is 2. The van der Waals surface area contributed by atoms with Gasteiger partial charge in [-0.25, -0.2) is 4.98 Å². The second kappa shape index (κ2) is 8.76. The molecule has 0 spiro atoms. The van der Waals surface area contributed by atoms with Crippen LogP contribution in [-0.4, -0.2) is 9.55 Å². The molecule has 0 aliphatic rings. The van der Waals surface area contributed by atoms with Gasteiger partial charge in [0.25, 0.3) is 0 Å². The van der Waals surface area contributed by atoms with Gasteiger partial charge < -0.3 is 11.1 Å². The molecule has 29 heavy (non-hydrogen) atoms. The van der Waals surface area contributed by atoms with Gasteiger partial charge in [-0.1, -0.05) is 60.7 Å². The molecule has 0 amide bonds. The highest BCUT2D eigenvalue weighted by atomic mass is 15.0. The summed E-state index contributed by atoms with van der Waals surface area (Å²) >= 11 is 0. The van der Waals surface area contributed by atoms with Gasteiger partial charge >= 0.3 is 0 Å². The first-order chi connectivity index (χ1) is 14.3. The third-order valence-electron chi connectivity index (χ3n) is 4.50. The molecule has 4 nitrogen and oxygen atoms in total. The van der Waals surface area contributed by atoms with Crippen LogP contribution in [0.4, 0.5) is 17.1 Å². The molecule has 142 valence electrons. The van der Waals surface area contributed by atoms with Crippen LogP contribution < -0.4 is 11.1 Å². The first-order valence-electron chi connectivity index (χ1n) is 9.45. The molecule has 4 aromatic carbocycles. The predicted octanol–water partition coefficient (Wildman–Crippen LogP) is 6.04. The highest BCUT2D eigenvalue weighted by Crippen LogP contribution is 2.21. The van der Waals surface area contributed by atoms with E-state index in [2.05, 4.69) is 33.1 Å². The van der Waals surface area contributed by atoms with E-state index in [4.69, 9.17) is 5.73 Å². The number of rotatable bonds is 3. The SMILES string of the molecule is Nc1ccccc1Nc1ccccc1.c1ccc(-n2cnc3ccccc32)cc1. The second-order valence-corrected chi connectivity index (χ2v) is 6.52. The van der Waals surface area contributed by atoms with Gasteiger partial charge in [0.2, 0.25) is 0 Å². The zero-order valence-electron chi connectivity index (χ0n) is 15.9. The largest absolute Gasteiger partial charge is 0.397 e. The van der Waals surface area contributed by atoms with Gasteiger partial charge in [0.1, 0.15) is 6.33 Å². The molecule has 0 bridgehead atoms. The third kappa shape index (κ3) is 4.45. The van der Waals surface area contributed by atoms with E-state index in [-0.39, 0.29) is 0 Å². The number of anilines is 3. The first kappa shape index (κ1) is 18.3. The highest BCUT2D eigenvalue weighted by Gasteiger charge is 2.01. The zero-order valence-corrected chi connectivity index (χ0v) is 15.9. The van der Waals surface area contributed by atoms with Gasteiger partial charge in [-0.05, 0) is 48.5 Å². The molecule has 0 atom stereocenters. The lowest BCUT2D eigenvalue weighted by molar-refractivity contribution is 1.09. The predicted molar refractivity (Wildman–Crippen MR) is 122 cm³/mol. The maximum absolute atomic E-state index is 5.81. The van der Waals surface area contributed by atoms with E-state index in [1.54, 1.807) is 0 Å². The molecule has 5 aromatic rings. The number of nitrogens with two attached hydrogens (primary N) is 1. The molecule has 0 aliphatic heterocycles. The summed E-state index contributed by atoms with van der Waals surface area (Å²) in [5, 5.41) is 3.25. The number of hydrogen-bond acceptors (Lipinski definition) is 3. The maximum atomic E-state index is 5.81. The number of nitrogen functional groups attached to an aromatic ring is 1. The van der Waals surface area contributed by atoms with E-state index in [0.29, 0.717) is 0 Å². The van der Waals surface area contributed by atoms with Gasteiger partial charge in [-0.15, -0.1) is 0 Å². The second-order valence-electron chi connectivity index (χ2n) is 6.52. The lowest BCUT2D eigenvalue weighted by atomic mass is 10.2. The smallest absolute Gasteiger partial charge is 0.100 e. The lowest BCUT2D eigenvalue weighted by Gasteiger charge is -2.08. The summed E-state index contributed by atoms with van der Waals surface area (Å²) in [6.45, 7) is 0. The molecule has 0 radical (unpaired) electrons. The fourth-order valence-corrected chi connectivity index (χ4v) is 3.04. The Hall–Kier alpha value is -4.05. The molecule has 0 unspecified atom stereocenters. The van der Waals surface area contributed by atoms with Crippen molar-refractivity contribution >= 4 is 28.1 Å². The Labute approximate surface area is 170 Å². The Morgan fingerprint density at radius 2 is 1.28 bits per heavy atom. The number of aromatic nitrogens is 2. The van der Waals surface area contributed by atoms with Crippen molar-refractivity contribution in [1.82, 2.24) is 9.55 Å². The molecule has 0 fully saturated rings. The minimum Gasteiger partial charge on any atom is -0.397 e. The van der Waals surface area contributed by atoms with Crippen LogP contribution in [0.15, 0.2) is 116 Å². The van der Waals surface area contributed by atoms with Gasteiger partial charge in [0.05, 0.1) is 22.4 Å². The fraction of sp³-hybridized carbons (Fsp3) is 0. The molecule has 1 aromatic heterocycles. The third-order valence-corrected chi connectivity index (χ3v) is 4.50. The Morgan fingerprint density at radius 3 is 2.03 bits per heavy atom. The lowest BCUT2D eigenvalue weighted by Crippen LogP contribution is -1.94. The number of fused-ring (bicyclic) bond motifs is 1. The summed E-state index contributed by atoms with van der Waals surface area (Å²) < 4.78 is 2.09. The van der Waals surface area contributed by atoms with E-state index in [1.165, 1.54) is 0 Å². The van der Waals surface area contributed by atoms with Crippen LogP contribution in [-0.2, 0) is 0 Å². The van der Waals surface area contributed by atoms with Crippen LogP contribution in [0.2, 0.25) is 0 Å². The van der Waals surface area contributed by atoms with Gasteiger partial charge in [-0.2, -0.15) is 0 Å². The van der Waals surface area contributed by atoms with Crippen molar-refractivity contribution in [3.8, 4) is 5.69 Å². The van der Waals surface area contributed by atoms with Crippen LogP contribution in [0, 0.1) is 0 Å². The number of benzene rings is 4. The maximum Gasteiger partial charge on any atom is 0.100 e. The topological polar surface area (TPSA) is 55.9 Å². The Kier molecular flexibility index (Phi) is 5.53. The van der Waals surface area contributed by atoms with Crippen LogP contribution in [0.25, 0.3) is 16.7 Å². The van der Waals surface area contributed by atoms with Gasteiger partial charge in [-0.3, -0.25) is 4.57 Å². The normalized spacial score (nSPS) is 10.2. The van der Waals surface area contributed by atoms with Gasteiger partial charge in [0.15, 0.2) is 0 Å². The molecular weight excluding hydrogens is 356 g/mol. The average Bonchev–Trinajstić information content (AvgIpc) is 3.21. The monoisotopic (exact) mass is 378 g/mol. The van der Waals surface area contributed by atoms with Crippen molar-refractivity contribution in [2.24, 2.45) is 0 Å². The van der Waals surface area contributed by atoms with Crippen molar-refractivity contribution in [1.29, 1.82) is 0 Å². The van der Waals surface area contributed by atoms with Crippen LogP contribution in [0.1, 0.15) is 0 Å². The Balaban J connectivity index is 0.000000142. The van der Waals surface area contributed by atoms with Crippen molar-refractivity contribution in [3.63, 3.8) is 0 Å². The average molecular weight is 378 g/mol. The van der Waals surface area contributed by atoms with E-state index >= 15 is 0 Å². The van der Waals surface area contributed by atoms with Crippen molar-refractivity contribution in [3.05, 3.63) is 116 Å². The Morgan fingerprint density at radius 1 is 0.655 bits per heavy atom. The van der Waals surface area contributed by atoms with Crippen molar-refractivity contribution in [2.45, 2.75) is 0 Å². The first-order valence-corrected chi connectivity index (χ1v) is 9.45. The number of hydrogen-bond donors (Lipinski definition) is 2. The molecule has 3 N–H and O–H groups in total. The van der Waals surface area contributed by atoms with E-state index < -0.39 is 0 Å². The highest BCUT2D eigenvalue weighted by molar-refractivity contribution is 5.77. The molecule has 4 heteroatoms. The summed E-state index contributed by atoms with van der Waals surface area (Å²) in [5.74, 6) is 0. The summed E-state index contributed by atoms with van der Waals surface area (Å²) in [4.78, 5) is 4.36. The van der Waals surface area contributed by atoms with Crippen molar-refractivity contribution < 1.29 is 0 Å². The molecule has 5 rings (SSSR count).